The second kappa shape index (κ2) is 5.35. The Balaban J connectivity index is 3.08. The monoisotopic (exact) mass is 225 g/mol. The quantitative estimate of drug-likeness (QED) is 0.476. The fourth-order valence-corrected chi connectivity index (χ4v) is 1.14. The maximum absolute atomic E-state index is 10.6. The van der Waals surface area contributed by atoms with Crippen LogP contribution in [0.25, 0.3) is 0 Å². The van der Waals surface area contributed by atoms with Crippen LogP contribution in [0.3, 0.4) is 0 Å². The van der Waals surface area contributed by atoms with E-state index in [1.807, 2.05) is 0 Å². The van der Waals surface area contributed by atoms with E-state index in [0.717, 1.165) is 0 Å². The average molecular weight is 226 g/mol. The lowest BCUT2D eigenvalue weighted by Crippen LogP contribution is -1.92. The summed E-state index contributed by atoms with van der Waals surface area (Å²) in [6, 6.07) is 4.28. The van der Waals surface area contributed by atoms with Crippen LogP contribution in [0.4, 0.5) is 5.69 Å². The van der Waals surface area contributed by atoms with E-state index in [1.165, 1.54) is 18.2 Å². The Labute approximate surface area is 91.6 Å². The smallest absolute Gasteiger partial charge is 0.286 e. The molecule has 1 rings (SSSR count). The van der Waals surface area contributed by atoms with Gasteiger partial charge in [0.15, 0.2) is 0 Å². The molecule has 1 N–H and O–H groups in total. The molecule has 0 bridgehead atoms. The van der Waals surface area contributed by atoms with Gasteiger partial charge in [-0.2, -0.15) is 0 Å². The Morgan fingerprint density at radius 3 is 2.87 bits per heavy atom. The summed E-state index contributed by atoms with van der Waals surface area (Å²) in [6.07, 6.45) is 0.291. The highest BCUT2D eigenvalue weighted by atomic mass is 35.5. The number of benzene rings is 1. The van der Waals surface area contributed by atoms with Gasteiger partial charge < -0.3 is 5.11 Å². The van der Waals surface area contributed by atoms with Gasteiger partial charge in [-0.1, -0.05) is 23.4 Å². The summed E-state index contributed by atoms with van der Waals surface area (Å²) >= 11 is 5.63. The molecule has 5 heteroatoms. The van der Waals surface area contributed by atoms with Crippen molar-refractivity contribution >= 4 is 17.3 Å². The summed E-state index contributed by atoms with van der Waals surface area (Å²) in [4.78, 5) is 10.1. The van der Waals surface area contributed by atoms with Crippen LogP contribution in [0.1, 0.15) is 12.0 Å². The van der Waals surface area contributed by atoms with E-state index in [-0.39, 0.29) is 12.3 Å². The molecule has 0 radical (unpaired) electrons. The molecule has 1 aromatic rings. The molecule has 4 nitrogen and oxygen atoms in total. The topological polar surface area (TPSA) is 63.4 Å². The summed E-state index contributed by atoms with van der Waals surface area (Å²) in [5.41, 5.74) is 0.186. The van der Waals surface area contributed by atoms with Gasteiger partial charge in [-0.05, 0) is 12.1 Å². The van der Waals surface area contributed by atoms with Gasteiger partial charge in [0.05, 0.1) is 11.5 Å². The number of nitro groups is 1. The molecule has 0 aliphatic heterocycles. The van der Waals surface area contributed by atoms with Gasteiger partial charge in [-0.25, -0.2) is 0 Å². The summed E-state index contributed by atoms with van der Waals surface area (Å²) in [5.74, 6) is 5.23. The zero-order valence-electron chi connectivity index (χ0n) is 7.74. The standard InChI is InChI=1S/C10H8ClNO3/c11-9-5-4-8(3-1-2-6-13)10(7-9)12(14)15/h4-5,7,13H,2,6H2. The minimum absolute atomic E-state index is 0.0611. The predicted molar refractivity (Wildman–Crippen MR) is 56.7 cm³/mol. The third-order valence-electron chi connectivity index (χ3n) is 1.62. The first kappa shape index (κ1) is 11.5. The van der Waals surface area contributed by atoms with Gasteiger partial charge in [0, 0.05) is 17.5 Å². The Hall–Kier alpha value is -1.57. The molecule has 0 atom stereocenters. The normalized spacial score (nSPS) is 9.20. The molecular weight excluding hydrogens is 218 g/mol. The average Bonchev–Trinajstić information content (AvgIpc) is 2.20. The van der Waals surface area contributed by atoms with Crippen LogP contribution >= 0.6 is 11.6 Å². The van der Waals surface area contributed by atoms with E-state index in [0.29, 0.717) is 17.0 Å². The summed E-state index contributed by atoms with van der Waals surface area (Å²) in [5, 5.41) is 19.4. The molecule has 0 heterocycles. The van der Waals surface area contributed by atoms with Gasteiger partial charge in [-0.3, -0.25) is 10.1 Å². The van der Waals surface area contributed by atoms with Crippen molar-refractivity contribution in [3.63, 3.8) is 0 Å². The fourth-order valence-electron chi connectivity index (χ4n) is 0.975. The minimum atomic E-state index is -0.533. The number of rotatable bonds is 2. The zero-order valence-corrected chi connectivity index (χ0v) is 8.49. The molecule has 0 saturated carbocycles. The molecular formula is C10H8ClNO3. The van der Waals surface area contributed by atoms with Crippen LogP contribution in [0, 0.1) is 22.0 Å². The van der Waals surface area contributed by atoms with Crippen molar-refractivity contribution in [1.29, 1.82) is 0 Å². The Kier molecular flexibility index (Phi) is 4.10. The number of halogens is 1. The SMILES string of the molecule is O=[N+]([O-])c1cc(Cl)ccc1C#CCCO. The van der Waals surface area contributed by atoms with Crippen LogP contribution in [-0.4, -0.2) is 16.6 Å². The largest absolute Gasteiger partial charge is 0.395 e. The van der Waals surface area contributed by atoms with Gasteiger partial charge in [0.1, 0.15) is 5.56 Å². The predicted octanol–water partition coefficient (Wildman–Crippen LogP) is 1.98. The van der Waals surface area contributed by atoms with Crippen LogP contribution in [-0.2, 0) is 0 Å². The highest BCUT2D eigenvalue weighted by Crippen LogP contribution is 2.22. The van der Waals surface area contributed by atoms with Crippen LogP contribution in [0.2, 0.25) is 5.02 Å². The highest BCUT2D eigenvalue weighted by molar-refractivity contribution is 6.30. The molecule has 78 valence electrons. The lowest BCUT2D eigenvalue weighted by atomic mass is 10.2. The Morgan fingerprint density at radius 1 is 1.53 bits per heavy atom. The molecule has 0 amide bonds. The van der Waals surface area contributed by atoms with Crippen molar-refractivity contribution in [2.45, 2.75) is 6.42 Å². The Morgan fingerprint density at radius 2 is 2.27 bits per heavy atom. The first-order valence-electron chi connectivity index (χ1n) is 4.19. The van der Waals surface area contributed by atoms with Crippen molar-refractivity contribution in [2.75, 3.05) is 6.61 Å². The maximum Gasteiger partial charge on any atom is 0.286 e. The van der Waals surface area contributed by atoms with Crippen molar-refractivity contribution in [1.82, 2.24) is 0 Å². The lowest BCUT2D eigenvalue weighted by molar-refractivity contribution is -0.385. The van der Waals surface area contributed by atoms with E-state index in [2.05, 4.69) is 11.8 Å². The second-order valence-electron chi connectivity index (χ2n) is 2.69. The molecule has 15 heavy (non-hydrogen) atoms. The Bertz CT molecular complexity index is 434. The van der Waals surface area contributed by atoms with Gasteiger partial charge in [0.25, 0.3) is 5.69 Å². The van der Waals surface area contributed by atoms with E-state index < -0.39 is 4.92 Å². The van der Waals surface area contributed by atoms with Crippen molar-refractivity contribution < 1.29 is 10.0 Å². The first-order valence-corrected chi connectivity index (χ1v) is 4.56. The third kappa shape index (κ3) is 3.24. The van der Waals surface area contributed by atoms with Crippen LogP contribution in [0.5, 0.6) is 0 Å². The number of hydrogen-bond acceptors (Lipinski definition) is 3. The van der Waals surface area contributed by atoms with E-state index >= 15 is 0 Å². The van der Waals surface area contributed by atoms with Crippen LogP contribution in [0.15, 0.2) is 18.2 Å². The van der Waals surface area contributed by atoms with E-state index in [4.69, 9.17) is 16.7 Å². The number of aliphatic hydroxyl groups is 1. The molecule has 0 aliphatic carbocycles. The van der Waals surface area contributed by atoms with Crippen LogP contribution < -0.4 is 0 Å². The lowest BCUT2D eigenvalue weighted by Gasteiger charge is -1.95. The molecule has 0 spiro atoms. The summed E-state index contributed by atoms with van der Waals surface area (Å²) < 4.78 is 0. The molecule has 0 aromatic heterocycles. The van der Waals surface area contributed by atoms with E-state index in [1.54, 1.807) is 0 Å². The van der Waals surface area contributed by atoms with Crippen molar-refractivity contribution in [2.24, 2.45) is 0 Å². The molecule has 0 fully saturated rings. The minimum Gasteiger partial charge on any atom is -0.395 e. The number of nitrogens with zero attached hydrogens (tertiary/aromatic N) is 1. The van der Waals surface area contributed by atoms with Crippen molar-refractivity contribution in [3.8, 4) is 11.8 Å². The molecule has 1 aromatic carbocycles. The second-order valence-corrected chi connectivity index (χ2v) is 3.13. The van der Waals surface area contributed by atoms with Gasteiger partial charge in [0.2, 0.25) is 0 Å². The highest BCUT2D eigenvalue weighted by Gasteiger charge is 2.11. The van der Waals surface area contributed by atoms with Gasteiger partial charge >= 0.3 is 0 Å². The number of nitro benzene ring substituents is 1. The van der Waals surface area contributed by atoms with Gasteiger partial charge in [-0.15, -0.1) is 0 Å². The molecule has 0 unspecified atom stereocenters. The first-order chi connectivity index (χ1) is 7.15. The maximum atomic E-state index is 10.6. The molecule has 0 saturated heterocycles. The fraction of sp³-hybridized carbons (Fsp3) is 0.200. The van der Waals surface area contributed by atoms with Crippen molar-refractivity contribution in [3.05, 3.63) is 38.9 Å². The summed E-state index contributed by atoms with van der Waals surface area (Å²) in [6.45, 7) is -0.0611. The number of hydrogen-bond donors (Lipinski definition) is 1. The third-order valence-corrected chi connectivity index (χ3v) is 1.85. The zero-order chi connectivity index (χ0) is 11.3. The summed E-state index contributed by atoms with van der Waals surface area (Å²) in [7, 11) is 0. The molecule has 0 aliphatic rings. The van der Waals surface area contributed by atoms with E-state index in [9.17, 15) is 10.1 Å². The number of aliphatic hydroxyl groups excluding tert-OH is 1.